The lowest BCUT2D eigenvalue weighted by atomic mass is 9.91. The van der Waals surface area contributed by atoms with Crippen molar-refractivity contribution in [3.8, 4) is 0 Å². The van der Waals surface area contributed by atoms with Gasteiger partial charge in [0, 0.05) is 30.9 Å². The summed E-state index contributed by atoms with van der Waals surface area (Å²) in [5.41, 5.74) is 6.08. The van der Waals surface area contributed by atoms with Crippen LogP contribution < -0.4 is 5.73 Å². The molecule has 1 aliphatic rings. The maximum Gasteiger partial charge on any atom is 0.270 e. The van der Waals surface area contributed by atoms with Crippen LogP contribution in [0.5, 0.6) is 0 Å². The van der Waals surface area contributed by atoms with Crippen molar-refractivity contribution in [2.24, 2.45) is 0 Å². The van der Waals surface area contributed by atoms with Gasteiger partial charge in [-0.25, -0.2) is 0 Å². The van der Waals surface area contributed by atoms with Gasteiger partial charge in [0.05, 0.1) is 10.5 Å². The average Bonchev–Trinajstić information content (AvgIpc) is 2.26. The number of benzene rings is 1. The van der Waals surface area contributed by atoms with Gasteiger partial charge in [0.25, 0.3) is 11.6 Å². The van der Waals surface area contributed by atoms with Gasteiger partial charge in [0.1, 0.15) is 0 Å². The van der Waals surface area contributed by atoms with Crippen LogP contribution in [0.25, 0.3) is 0 Å². The third-order valence-corrected chi connectivity index (χ3v) is 3.42. The van der Waals surface area contributed by atoms with E-state index in [1.807, 2.05) is 0 Å². The predicted octanol–water partition coefficient (Wildman–Crippen LogP) is 1.80. The smallest absolute Gasteiger partial charge is 0.270 e. The number of nitrogen functional groups attached to an aromatic ring is 1. The third-order valence-electron chi connectivity index (χ3n) is 3.42. The van der Waals surface area contributed by atoms with Gasteiger partial charge >= 0.3 is 0 Å². The van der Waals surface area contributed by atoms with Crippen LogP contribution >= 0.6 is 0 Å². The molecule has 2 N–H and O–H groups in total. The fourth-order valence-electron chi connectivity index (χ4n) is 1.97. The Balaban J connectivity index is 2.28. The number of carbonyl (C=O) groups excluding carboxylic acids is 1. The number of anilines is 1. The molecule has 96 valence electrons. The second-order valence-electron chi connectivity index (χ2n) is 4.53. The zero-order valence-electron chi connectivity index (χ0n) is 10.1. The summed E-state index contributed by atoms with van der Waals surface area (Å²) in [5.74, 6) is -0.249. The number of nitro groups is 1. The summed E-state index contributed by atoms with van der Waals surface area (Å²) in [6.07, 6.45) is 3.08. The topological polar surface area (TPSA) is 89.5 Å². The van der Waals surface area contributed by atoms with Crippen molar-refractivity contribution in [1.82, 2.24) is 4.90 Å². The Hall–Kier alpha value is -2.11. The van der Waals surface area contributed by atoms with E-state index < -0.39 is 4.92 Å². The largest absolute Gasteiger partial charge is 0.398 e. The molecule has 1 aromatic rings. The molecule has 0 atom stereocenters. The summed E-state index contributed by atoms with van der Waals surface area (Å²) in [5, 5.41) is 10.7. The maximum atomic E-state index is 12.2. The van der Waals surface area contributed by atoms with Gasteiger partial charge in [-0.05, 0) is 25.3 Å². The number of hydrogen-bond acceptors (Lipinski definition) is 4. The standard InChI is InChI=1S/C12H15N3O3/c1-14(8-3-2-4-8)12(16)10-7-9(15(17)18)5-6-11(10)13/h5-8H,2-4,13H2,1H3. The molecule has 1 saturated carbocycles. The molecule has 1 aliphatic carbocycles. The van der Waals surface area contributed by atoms with Crippen molar-refractivity contribution < 1.29 is 9.72 Å². The highest BCUT2D eigenvalue weighted by Gasteiger charge is 2.28. The molecule has 0 unspecified atom stereocenters. The van der Waals surface area contributed by atoms with E-state index in [4.69, 9.17) is 5.73 Å². The molecule has 0 aliphatic heterocycles. The zero-order valence-corrected chi connectivity index (χ0v) is 10.1. The highest BCUT2D eigenvalue weighted by molar-refractivity contribution is 5.99. The lowest BCUT2D eigenvalue weighted by Crippen LogP contribution is -2.41. The van der Waals surface area contributed by atoms with Gasteiger partial charge < -0.3 is 10.6 Å². The van der Waals surface area contributed by atoms with Crippen molar-refractivity contribution in [2.75, 3.05) is 12.8 Å². The SMILES string of the molecule is CN(C(=O)c1cc([N+](=O)[O-])ccc1N)C1CCC1. The second-order valence-corrected chi connectivity index (χ2v) is 4.53. The molecule has 0 saturated heterocycles. The van der Waals surface area contributed by atoms with Crippen molar-refractivity contribution in [3.63, 3.8) is 0 Å². The molecule has 18 heavy (non-hydrogen) atoms. The van der Waals surface area contributed by atoms with Crippen LogP contribution in [0.15, 0.2) is 18.2 Å². The van der Waals surface area contributed by atoms with Gasteiger partial charge in [-0.2, -0.15) is 0 Å². The molecule has 0 spiro atoms. The fourth-order valence-corrected chi connectivity index (χ4v) is 1.97. The molecule has 6 heteroatoms. The zero-order chi connectivity index (χ0) is 13.3. The highest BCUT2D eigenvalue weighted by Crippen LogP contribution is 2.27. The normalized spacial score (nSPS) is 14.9. The predicted molar refractivity (Wildman–Crippen MR) is 67.2 cm³/mol. The van der Waals surface area contributed by atoms with E-state index in [0.717, 1.165) is 19.3 Å². The summed E-state index contributed by atoms with van der Waals surface area (Å²) in [4.78, 5) is 24.0. The van der Waals surface area contributed by atoms with Crippen LogP contribution in [-0.2, 0) is 0 Å². The van der Waals surface area contributed by atoms with Gasteiger partial charge in [0.15, 0.2) is 0 Å². The molecule has 1 fully saturated rings. The summed E-state index contributed by atoms with van der Waals surface area (Å²) in [7, 11) is 1.71. The number of hydrogen-bond donors (Lipinski definition) is 1. The third kappa shape index (κ3) is 2.13. The Morgan fingerprint density at radius 3 is 2.67 bits per heavy atom. The molecule has 0 radical (unpaired) electrons. The van der Waals surface area contributed by atoms with Crippen molar-refractivity contribution >= 4 is 17.3 Å². The van der Waals surface area contributed by atoms with E-state index in [2.05, 4.69) is 0 Å². The Morgan fingerprint density at radius 1 is 1.50 bits per heavy atom. The lowest BCUT2D eigenvalue weighted by Gasteiger charge is -2.34. The van der Waals surface area contributed by atoms with E-state index in [9.17, 15) is 14.9 Å². The van der Waals surface area contributed by atoms with Crippen LogP contribution in [0.3, 0.4) is 0 Å². The van der Waals surface area contributed by atoms with Crippen LogP contribution in [0.1, 0.15) is 29.6 Å². The van der Waals surface area contributed by atoms with E-state index in [-0.39, 0.29) is 28.9 Å². The van der Waals surface area contributed by atoms with Crippen LogP contribution in [0.4, 0.5) is 11.4 Å². The summed E-state index contributed by atoms with van der Waals surface area (Å²) < 4.78 is 0. The Kier molecular flexibility index (Phi) is 3.18. The number of rotatable bonds is 3. The Morgan fingerprint density at radius 2 is 2.17 bits per heavy atom. The second kappa shape index (κ2) is 4.64. The van der Waals surface area contributed by atoms with Crippen LogP contribution in [0.2, 0.25) is 0 Å². The van der Waals surface area contributed by atoms with Gasteiger partial charge in [-0.15, -0.1) is 0 Å². The van der Waals surface area contributed by atoms with Crippen molar-refractivity contribution in [1.29, 1.82) is 0 Å². The van der Waals surface area contributed by atoms with E-state index in [1.165, 1.54) is 18.2 Å². The Labute approximate surface area is 105 Å². The first-order valence-corrected chi connectivity index (χ1v) is 5.82. The Bertz CT molecular complexity index is 497. The number of carbonyl (C=O) groups is 1. The monoisotopic (exact) mass is 249 g/mol. The molecular formula is C12H15N3O3. The van der Waals surface area contributed by atoms with E-state index >= 15 is 0 Å². The number of nitro benzene ring substituents is 1. The average molecular weight is 249 g/mol. The number of nitrogens with two attached hydrogens (primary N) is 1. The first-order valence-electron chi connectivity index (χ1n) is 5.82. The minimum Gasteiger partial charge on any atom is -0.398 e. The molecule has 1 aromatic carbocycles. The molecule has 2 rings (SSSR count). The van der Waals surface area contributed by atoms with E-state index in [0.29, 0.717) is 0 Å². The number of nitrogens with zero attached hydrogens (tertiary/aromatic N) is 2. The van der Waals surface area contributed by atoms with Crippen molar-refractivity contribution in [2.45, 2.75) is 25.3 Å². The molecule has 6 nitrogen and oxygen atoms in total. The molecule has 1 amide bonds. The summed E-state index contributed by atoms with van der Waals surface area (Å²) >= 11 is 0. The lowest BCUT2D eigenvalue weighted by molar-refractivity contribution is -0.384. The first-order chi connectivity index (χ1) is 8.50. The van der Waals surface area contributed by atoms with Crippen LogP contribution in [0, 0.1) is 10.1 Å². The quantitative estimate of drug-likeness (QED) is 0.502. The minimum absolute atomic E-state index is 0.116. The number of amides is 1. The first kappa shape index (κ1) is 12.3. The molecule has 0 heterocycles. The summed E-state index contributed by atoms with van der Waals surface area (Å²) in [6, 6.07) is 4.18. The minimum atomic E-state index is -0.528. The van der Waals surface area contributed by atoms with Gasteiger partial charge in [0.2, 0.25) is 0 Å². The van der Waals surface area contributed by atoms with Crippen molar-refractivity contribution in [3.05, 3.63) is 33.9 Å². The van der Waals surface area contributed by atoms with Gasteiger partial charge in [-0.1, -0.05) is 0 Å². The molecule has 0 aromatic heterocycles. The highest BCUT2D eigenvalue weighted by atomic mass is 16.6. The van der Waals surface area contributed by atoms with Gasteiger partial charge in [-0.3, -0.25) is 14.9 Å². The summed E-state index contributed by atoms with van der Waals surface area (Å²) in [6.45, 7) is 0. The van der Waals surface area contributed by atoms with E-state index in [1.54, 1.807) is 11.9 Å². The molecular weight excluding hydrogens is 234 g/mol. The maximum absolute atomic E-state index is 12.2. The van der Waals surface area contributed by atoms with Crippen LogP contribution in [-0.4, -0.2) is 28.8 Å². The fraction of sp³-hybridized carbons (Fsp3) is 0.417. The molecule has 0 bridgehead atoms. The number of non-ortho nitro benzene ring substituents is 1.